The normalized spacial score (nSPS) is 13.1. The fourth-order valence-corrected chi connectivity index (χ4v) is 5.41. The molecule has 1 heterocycles. The number of halogens is 2. The summed E-state index contributed by atoms with van der Waals surface area (Å²) in [5.41, 5.74) is -1.65. The second-order valence-electron chi connectivity index (χ2n) is 13.8. The number of nitrogens with zero attached hydrogens (tertiary/aromatic N) is 3. The maximum Gasteiger partial charge on any atom is 0.341 e. The minimum absolute atomic E-state index is 0.0233. The Morgan fingerprint density at radius 2 is 1.53 bits per heavy atom. The van der Waals surface area contributed by atoms with Gasteiger partial charge in [-0.1, -0.05) is 5.21 Å². The highest BCUT2D eigenvalue weighted by molar-refractivity contribution is 14.2. The molecule has 1 unspecified atom stereocenters. The number of ether oxygens (including phenoxy) is 3. The molecule has 0 saturated heterocycles. The molecule has 3 amide bonds. The molecule has 1 rings (SSSR count). The van der Waals surface area contributed by atoms with Crippen molar-refractivity contribution >= 4 is 54.4 Å². The first-order valence-electron chi connectivity index (χ1n) is 15.6. The molecular weight excluding hydrogens is 730 g/mol. The maximum atomic E-state index is 13.0. The average Bonchev–Trinajstić information content (AvgIpc) is 3.35. The zero-order chi connectivity index (χ0) is 35.8. The minimum Gasteiger partial charge on any atom is -0.460 e. The number of amides is 3. The van der Waals surface area contributed by atoms with Crippen LogP contribution in [0.25, 0.3) is 0 Å². The number of rotatable bonds is 17. The van der Waals surface area contributed by atoms with Gasteiger partial charge in [0.25, 0.3) is 0 Å². The van der Waals surface area contributed by atoms with Gasteiger partial charge in [0, 0.05) is 40.2 Å². The Kier molecular flexibility index (Phi) is 17.4. The van der Waals surface area contributed by atoms with Gasteiger partial charge in [-0.3, -0.25) is 17.5 Å². The summed E-state index contributed by atoms with van der Waals surface area (Å²) in [5, 5.41) is 13.2. The van der Waals surface area contributed by atoms with E-state index in [1.807, 2.05) is 0 Å². The second-order valence-corrected chi connectivity index (χ2v) is 16.2. The molecule has 16 heteroatoms. The minimum atomic E-state index is -1.36. The molecule has 268 valence electrons. The topological polar surface area (TPSA) is 180 Å². The number of aryl methyl sites for hydroxylation is 1. The van der Waals surface area contributed by atoms with Gasteiger partial charge in [-0.25, -0.2) is 19.1 Å². The van der Waals surface area contributed by atoms with Crippen LogP contribution in [0.1, 0.15) is 107 Å². The Bertz CT molecular complexity index is 1230. The molecule has 3 N–H and O–H groups in total. The van der Waals surface area contributed by atoms with Gasteiger partial charge in [-0.05, 0) is 101 Å². The van der Waals surface area contributed by atoms with E-state index in [1.165, 1.54) is 4.68 Å². The number of aromatic nitrogens is 3. The van der Waals surface area contributed by atoms with Crippen LogP contribution in [0, 0.1) is 0 Å². The molecule has 0 radical (unpaired) electrons. The van der Waals surface area contributed by atoms with Crippen molar-refractivity contribution in [1.82, 2.24) is 29.2 Å². The zero-order valence-corrected chi connectivity index (χ0v) is 31.2. The summed E-state index contributed by atoms with van der Waals surface area (Å²) in [6.07, 6.45) is 3.66. The lowest BCUT2D eigenvalue weighted by Gasteiger charge is -2.25. The van der Waals surface area contributed by atoms with Crippen molar-refractivity contribution in [2.45, 2.75) is 137 Å². The van der Waals surface area contributed by atoms with E-state index < -0.39 is 74.5 Å². The predicted octanol–water partition coefficient (Wildman–Crippen LogP) is 4.00. The van der Waals surface area contributed by atoms with E-state index in [9.17, 15) is 28.4 Å². The number of urea groups is 1. The molecule has 0 fully saturated rings. The van der Waals surface area contributed by atoms with Gasteiger partial charge in [-0.2, -0.15) is 0 Å². The van der Waals surface area contributed by atoms with Crippen molar-refractivity contribution in [2.24, 2.45) is 0 Å². The van der Waals surface area contributed by atoms with Gasteiger partial charge in [0.15, 0.2) is 0 Å². The van der Waals surface area contributed by atoms with Crippen LogP contribution >= 0.6 is 21.0 Å². The van der Waals surface area contributed by atoms with E-state index in [-0.39, 0.29) is 25.3 Å². The van der Waals surface area contributed by atoms with Crippen molar-refractivity contribution in [1.29, 1.82) is 0 Å². The number of hydrogen-bond acceptors (Lipinski definition) is 10. The van der Waals surface area contributed by atoms with Crippen molar-refractivity contribution in [3.05, 3.63) is 11.9 Å². The van der Waals surface area contributed by atoms with Gasteiger partial charge < -0.3 is 24.8 Å². The largest absolute Gasteiger partial charge is 0.460 e. The van der Waals surface area contributed by atoms with Gasteiger partial charge in [0.1, 0.15) is 29.4 Å². The summed E-state index contributed by atoms with van der Waals surface area (Å²) >= 11 is -1.36. The predicted molar refractivity (Wildman–Crippen MR) is 182 cm³/mol. The summed E-state index contributed by atoms with van der Waals surface area (Å²) in [6.45, 7) is 15.4. The molecule has 1 aromatic heterocycles. The second kappa shape index (κ2) is 19.6. The number of nitrogens with one attached hydrogen (secondary N) is 3. The van der Waals surface area contributed by atoms with Crippen LogP contribution in [0.5, 0.6) is 0 Å². The van der Waals surface area contributed by atoms with E-state index >= 15 is 0 Å². The molecule has 0 saturated carbocycles. The highest BCUT2D eigenvalue weighted by atomic mass is 127. The van der Waals surface area contributed by atoms with Gasteiger partial charge in [-0.15, -0.1) is 5.10 Å². The number of unbranched alkanes of at least 4 members (excludes halogenated alkanes) is 1. The van der Waals surface area contributed by atoms with Crippen molar-refractivity contribution in [3.8, 4) is 0 Å². The third kappa shape index (κ3) is 20.6. The third-order valence-electron chi connectivity index (χ3n) is 5.52. The number of esters is 3. The number of hydrogen-bond donors (Lipinski definition) is 3. The first kappa shape index (κ1) is 41.8. The number of carbonyl (C=O) groups excluding carboxylic acids is 5. The van der Waals surface area contributed by atoms with E-state index in [1.54, 1.807) is 68.5 Å². The summed E-state index contributed by atoms with van der Waals surface area (Å²) in [6, 6.07) is -1.81. The Morgan fingerprint density at radius 1 is 0.894 bits per heavy atom. The van der Waals surface area contributed by atoms with Crippen LogP contribution in [0.2, 0.25) is 0 Å². The van der Waals surface area contributed by atoms with E-state index in [2.05, 4.69) is 24.5 Å². The molecule has 0 bridgehead atoms. The van der Waals surface area contributed by atoms with Crippen LogP contribution in [0.4, 0.5) is 9.18 Å². The average molecular weight is 783 g/mol. The lowest BCUT2D eigenvalue weighted by atomic mass is 10.1. The van der Waals surface area contributed by atoms with Crippen LogP contribution in [-0.2, 0) is 46.4 Å². The lowest BCUT2D eigenvalue weighted by Crippen LogP contribution is -2.46. The van der Waals surface area contributed by atoms with E-state index in [4.69, 9.17) is 14.2 Å². The van der Waals surface area contributed by atoms with Crippen LogP contribution < -0.4 is 14.2 Å². The van der Waals surface area contributed by atoms with Crippen LogP contribution in [0.3, 0.4) is 0 Å². The molecule has 0 aliphatic rings. The quantitative estimate of drug-likeness (QED) is 0.0688. The Balaban J connectivity index is 2.80. The fraction of sp³-hybridized carbons (Fsp3) is 0.742. The molecule has 14 nitrogen and oxygen atoms in total. The molecule has 0 aliphatic heterocycles. The smallest absolute Gasteiger partial charge is 0.341 e. The highest BCUT2D eigenvalue weighted by Gasteiger charge is 2.29. The number of carbonyl (C=O) groups is 5. The Labute approximate surface area is 287 Å². The van der Waals surface area contributed by atoms with Gasteiger partial charge in [0.05, 0.1) is 15.9 Å². The van der Waals surface area contributed by atoms with Crippen molar-refractivity contribution in [3.63, 3.8) is 0 Å². The first-order chi connectivity index (χ1) is 21.7. The molecule has 47 heavy (non-hydrogen) atoms. The molecule has 0 aliphatic carbocycles. The maximum absolute atomic E-state index is 13.0. The Morgan fingerprint density at radius 3 is 2.13 bits per heavy atom. The molecular formula is C31H52FIN6O8. The summed E-state index contributed by atoms with van der Waals surface area (Å²) in [4.78, 5) is 63.3. The summed E-state index contributed by atoms with van der Waals surface area (Å²) in [5.74, 6) is -2.01. The highest BCUT2D eigenvalue weighted by Crippen LogP contribution is 2.15. The molecule has 0 spiro atoms. The van der Waals surface area contributed by atoms with Crippen molar-refractivity contribution in [2.75, 3.05) is 13.2 Å². The zero-order valence-electron chi connectivity index (χ0n) is 29.1. The fourth-order valence-electron chi connectivity index (χ4n) is 3.70. The number of alkyl halides is 1. The van der Waals surface area contributed by atoms with Gasteiger partial charge in [0.2, 0.25) is 5.91 Å². The summed E-state index contributed by atoms with van der Waals surface area (Å²) in [7, 11) is 0. The lowest BCUT2D eigenvalue weighted by molar-refractivity contribution is -0.158. The third-order valence-corrected chi connectivity index (χ3v) is 7.92. The molecule has 0 aromatic carbocycles. The van der Waals surface area contributed by atoms with E-state index in [0.29, 0.717) is 47.9 Å². The standard InChI is InChI=1S/C31H52FIN6O8/c1-29(2,3)45-25(41)16-15-23(27(43)47-31(7,8)9)35-28(44)36-33-22(26(42)46-30(4,5)6)14-10-11-18-34-24(40)20-39-19-21(37-38-39)13-12-17-32/h19,23H,10-18,20H2,1-9H3,(H,34,40)(H2,35,36,44). The van der Waals surface area contributed by atoms with Gasteiger partial charge >= 0.3 is 23.9 Å². The monoisotopic (exact) mass is 782 g/mol. The molecule has 1 atom stereocenters. The molecule has 1 aromatic rings. The summed E-state index contributed by atoms with van der Waals surface area (Å²) < 4.78 is 33.2. The first-order valence-corrected chi connectivity index (χ1v) is 17.8. The Hall–Kier alpha value is -3.18. The van der Waals surface area contributed by atoms with Crippen LogP contribution in [-0.4, -0.2) is 84.4 Å². The van der Waals surface area contributed by atoms with E-state index in [0.717, 1.165) is 0 Å². The SMILES string of the molecule is CC(C)(C)OC(=O)CCC(NC(=O)NI=C(CCCCNC(=O)Cn1cc(CCCF)nn1)C(=O)OC(C)(C)C)C(=O)OC(C)(C)C. The van der Waals surface area contributed by atoms with Crippen LogP contribution in [0.15, 0.2) is 6.20 Å². The van der Waals surface area contributed by atoms with Crippen molar-refractivity contribution < 1.29 is 42.6 Å².